The van der Waals surface area contributed by atoms with E-state index in [0.717, 1.165) is 6.42 Å². The van der Waals surface area contributed by atoms with Crippen LogP contribution in [0.2, 0.25) is 0 Å². The molecule has 0 radical (unpaired) electrons. The molecular formula is C10H23N3. The van der Waals surface area contributed by atoms with Gasteiger partial charge in [-0.2, -0.15) is 0 Å². The molecule has 4 N–H and O–H groups in total. The van der Waals surface area contributed by atoms with Crippen molar-refractivity contribution in [2.45, 2.75) is 57.3 Å². The minimum absolute atomic E-state index is 0.214. The summed E-state index contributed by atoms with van der Waals surface area (Å²) < 4.78 is 0. The molecule has 0 aromatic carbocycles. The normalized spacial score (nSPS) is 34.8. The van der Waals surface area contributed by atoms with Crippen LogP contribution in [0.15, 0.2) is 0 Å². The fourth-order valence-electron chi connectivity index (χ4n) is 2.09. The summed E-state index contributed by atoms with van der Waals surface area (Å²) in [5.74, 6) is 0. The minimum Gasteiger partial charge on any atom is -0.316 e. The van der Waals surface area contributed by atoms with Crippen LogP contribution in [0, 0.1) is 0 Å². The Morgan fingerprint density at radius 1 is 1.46 bits per heavy atom. The average Bonchev–Trinajstić information content (AvgIpc) is 2.15. The molecule has 0 amide bonds. The summed E-state index contributed by atoms with van der Waals surface area (Å²) in [4.78, 5) is 0. The van der Waals surface area contributed by atoms with Gasteiger partial charge in [-0.25, -0.2) is 0 Å². The Morgan fingerprint density at radius 2 is 2.23 bits per heavy atom. The number of piperidine rings is 1. The SMILES string of the molecule is CCCCC1NC(N)CCC1NC. The van der Waals surface area contributed by atoms with Gasteiger partial charge in [0.15, 0.2) is 0 Å². The van der Waals surface area contributed by atoms with Crippen LogP contribution in [0.1, 0.15) is 39.0 Å². The van der Waals surface area contributed by atoms with Crippen molar-refractivity contribution in [1.82, 2.24) is 10.6 Å². The van der Waals surface area contributed by atoms with E-state index in [2.05, 4.69) is 17.6 Å². The Labute approximate surface area is 81.5 Å². The Kier molecular flexibility index (Phi) is 4.70. The predicted molar refractivity (Wildman–Crippen MR) is 56.5 cm³/mol. The summed E-state index contributed by atoms with van der Waals surface area (Å²) in [6, 6.07) is 1.19. The van der Waals surface area contributed by atoms with E-state index in [0.29, 0.717) is 12.1 Å². The molecule has 0 saturated carbocycles. The quantitative estimate of drug-likeness (QED) is 0.607. The maximum Gasteiger partial charge on any atom is 0.0549 e. The Hall–Kier alpha value is -0.120. The maximum atomic E-state index is 5.87. The lowest BCUT2D eigenvalue weighted by molar-refractivity contribution is 0.249. The Morgan fingerprint density at radius 3 is 2.85 bits per heavy atom. The second kappa shape index (κ2) is 5.58. The van der Waals surface area contributed by atoms with Crippen molar-refractivity contribution in [3.8, 4) is 0 Å². The van der Waals surface area contributed by atoms with Gasteiger partial charge in [0.05, 0.1) is 6.17 Å². The van der Waals surface area contributed by atoms with Crippen molar-refractivity contribution in [3.05, 3.63) is 0 Å². The van der Waals surface area contributed by atoms with E-state index in [-0.39, 0.29) is 6.17 Å². The zero-order chi connectivity index (χ0) is 9.68. The van der Waals surface area contributed by atoms with Crippen LogP contribution in [-0.4, -0.2) is 25.3 Å². The number of unbranched alkanes of at least 4 members (excludes halogenated alkanes) is 1. The average molecular weight is 185 g/mol. The third-order valence-corrected chi connectivity index (χ3v) is 2.94. The minimum atomic E-state index is 0.214. The molecule has 13 heavy (non-hydrogen) atoms. The fraction of sp³-hybridized carbons (Fsp3) is 1.00. The van der Waals surface area contributed by atoms with Crippen molar-refractivity contribution < 1.29 is 0 Å². The van der Waals surface area contributed by atoms with Gasteiger partial charge in [0.25, 0.3) is 0 Å². The number of rotatable bonds is 4. The van der Waals surface area contributed by atoms with Crippen LogP contribution in [-0.2, 0) is 0 Å². The lowest BCUT2D eigenvalue weighted by Gasteiger charge is -2.36. The molecule has 1 aliphatic heterocycles. The second-order valence-electron chi connectivity index (χ2n) is 3.99. The molecule has 1 saturated heterocycles. The Bertz CT molecular complexity index is 138. The molecule has 0 aliphatic carbocycles. The standard InChI is InChI=1S/C10H23N3/c1-3-4-5-9-8(12-2)6-7-10(11)13-9/h8-10,12-13H,3-7,11H2,1-2H3. The third-order valence-electron chi connectivity index (χ3n) is 2.94. The lowest BCUT2D eigenvalue weighted by atomic mass is 9.93. The zero-order valence-corrected chi connectivity index (χ0v) is 8.84. The van der Waals surface area contributed by atoms with Gasteiger partial charge < -0.3 is 11.1 Å². The zero-order valence-electron chi connectivity index (χ0n) is 8.84. The van der Waals surface area contributed by atoms with Gasteiger partial charge in [-0.1, -0.05) is 19.8 Å². The van der Waals surface area contributed by atoms with E-state index in [4.69, 9.17) is 5.73 Å². The first kappa shape index (κ1) is 11.0. The molecule has 3 unspecified atom stereocenters. The van der Waals surface area contributed by atoms with Crippen molar-refractivity contribution in [2.75, 3.05) is 7.05 Å². The first-order valence-electron chi connectivity index (χ1n) is 5.46. The van der Waals surface area contributed by atoms with Crippen LogP contribution in [0.5, 0.6) is 0 Å². The van der Waals surface area contributed by atoms with Crippen molar-refractivity contribution in [2.24, 2.45) is 5.73 Å². The van der Waals surface area contributed by atoms with Crippen molar-refractivity contribution >= 4 is 0 Å². The lowest BCUT2D eigenvalue weighted by Crippen LogP contribution is -2.57. The molecule has 0 bridgehead atoms. The van der Waals surface area contributed by atoms with E-state index in [1.807, 2.05) is 7.05 Å². The highest BCUT2D eigenvalue weighted by molar-refractivity contribution is 4.88. The van der Waals surface area contributed by atoms with Crippen LogP contribution in [0.25, 0.3) is 0 Å². The van der Waals surface area contributed by atoms with Crippen LogP contribution in [0.4, 0.5) is 0 Å². The number of nitrogens with two attached hydrogens (primary N) is 1. The van der Waals surface area contributed by atoms with Crippen LogP contribution >= 0.6 is 0 Å². The van der Waals surface area contributed by atoms with Gasteiger partial charge in [0.2, 0.25) is 0 Å². The summed E-state index contributed by atoms with van der Waals surface area (Å²) in [7, 11) is 2.04. The molecule has 3 atom stereocenters. The van der Waals surface area contributed by atoms with Gasteiger partial charge in [0, 0.05) is 12.1 Å². The van der Waals surface area contributed by atoms with E-state index in [9.17, 15) is 0 Å². The highest BCUT2D eigenvalue weighted by atomic mass is 15.1. The molecule has 1 fully saturated rings. The van der Waals surface area contributed by atoms with Crippen molar-refractivity contribution in [3.63, 3.8) is 0 Å². The second-order valence-corrected chi connectivity index (χ2v) is 3.99. The summed E-state index contributed by atoms with van der Waals surface area (Å²) in [5.41, 5.74) is 5.87. The van der Waals surface area contributed by atoms with E-state index in [1.165, 1.54) is 25.7 Å². The first-order chi connectivity index (χ1) is 6.27. The van der Waals surface area contributed by atoms with Crippen LogP contribution in [0.3, 0.4) is 0 Å². The Balaban J connectivity index is 2.35. The molecule has 1 heterocycles. The number of hydrogen-bond acceptors (Lipinski definition) is 3. The fourth-order valence-corrected chi connectivity index (χ4v) is 2.09. The number of nitrogens with one attached hydrogen (secondary N) is 2. The molecule has 1 aliphatic rings. The van der Waals surface area contributed by atoms with Gasteiger partial charge in [0.1, 0.15) is 0 Å². The topological polar surface area (TPSA) is 50.1 Å². The molecule has 0 aromatic rings. The largest absolute Gasteiger partial charge is 0.316 e. The van der Waals surface area contributed by atoms with E-state index < -0.39 is 0 Å². The smallest absolute Gasteiger partial charge is 0.0549 e. The van der Waals surface area contributed by atoms with Gasteiger partial charge in [-0.3, -0.25) is 5.32 Å². The van der Waals surface area contributed by atoms with E-state index in [1.54, 1.807) is 0 Å². The van der Waals surface area contributed by atoms with Gasteiger partial charge in [-0.15, -0.1) is 0 Å². The highest BCUT2D eigenvalue weighted by Gasteiger charge is 2.26. The van der Waals surface area contributed by atoms with E-state index >= 15 is 0 Å². The first-order valence-corrected chi connectivity index (χ1v) is 5.46. The highest BCUT2D eigenvalue weighted by Crippen LogP contribution is 2.15. The third kappa shape index (κ3) is 3.25. The molecule has 0 spiro atoms. The van der Waals surface area contributed by atoms with Gasteiger partial charge >= 0.3 is 0 Å². The molecule has 78 valence electrons. The molecule has 3 heteroatoms. The summed E-state index contributed by atoms with van der Waals surface area (Å²) in [6.45, 7) is 2.23. The molecule has 1 rings (SSSR count). The maximum absolute atomic E-state index is 5.87. The summed E-state index contributed by atoms with van der Waals surface area (Å²) in [6.07, 6.45) is 6.32. The van der Waals surface area contributed by atoms with Crippen molar-refractivity contribution in [1.29, 1.82) is 0 Å². The molecule has 0 aromatic heterocycles. The predicted octanol–water partition coefficient (Wildman–Crippen LogP) is 0.801. The monoisotopic (exact) mass is 185 g/mol. The van der Waals surface area contributed by atoms with Gasteiger partial charge in [-0.05, 0) is 26.3 Å². The molecular weight excluding hydrogens is 162 g/mol. The summed E-state index contributed by atoms with van der Waals surface area (Å²) in [5, 5.41) is 6.83. The summed E-state index contributed by atoms with van der Waals surface area (Å²) >= 11 is 0. The van der Waals surface area contributed by atoms with Crippen LogP contribution < -0.4 is 16.4 Å². The molecule has 3 nitrogen and oxygen atoms in total. The number of hydrogen-bond donors (Lipinski definition) is 3. The number of likely N-dealkylation sites (N-methyl/N-ethyl adjacent to an activating group) is 1.